The topological polar surface area (TPSA) is 63.7 Å². The summed E-state index contributed by atoms with van der Waals surface area (Å²) in [7, 11) is 0. The Morgan fingerprint density at radius 2 is 1.51 bits per heavy atom. The molecule has 2 heterocycles. The maximum absolute atomic E-state index is 14.1. The number of rotatable bonds is 2. The Kier molecular flexibility index (Phi) is 4.95. The fraction of sp³-hybridized carbons (Fsp3) is 0.129. The number of hydrogen-bond acceptors (Lipinski definition) is 4. The number of allylic oxidation sites excluding steroid dienone is 1. The van der Waals surface area contributed by atoms with Gasteiger partial charge in [0.1, 0.15) is 5.75 Å². The highest BCUT2D eigenvalue weighted by Crippen LogP contribution is 2.55. The molecular formula is C31H20BrNO4. The SMILES string of the molecule is O=C1Oc2ccc3ccccc3c2C2=C[C@H](c3ccccc3)[C@@H]3C(=O)N(c4cccc(Br)c4)C(=O)[C@H]3[C@H]12. The van der Waals surface area contributed by atoms with E-state index in [2.05, 4.69) is 15.9 Å². The second-order valence-corrected chi connectivity index (χ2v) is 10.6. The maximum atomic E-state index is 14.1. The van der Waals surface area contributed by atoms with Crippen LogP contribution in [0, 0.1) is 17.8 Å². The summed E-state index contributed by atoms with van der Waals surface area (Å²) in [5.41, 5.74) is 3.00. The fourth-order valence-electron chi connectivity index (χ4n) is 6.20. The normalized spacial score (nSPS) is 24.3. The number of esters is 1. The Labute approximate surface area is 221 Å². The zero-order valence-corrected chi connectivity index (χ0v) is 21.1. The fourth-order valence-corrected chi connectivity index (χ4v) is 6.59. The summed E-state index contributed by atoms with van der Waals surface area (Å²) >= 11 is 3.45. The van der Waals surface area contributed by atoms with Crippen molar-refractivity contribution in [2.75, 3.05) is 4.90 Å². The first kappa shape index (κ1) is 22.2. The lowest BCUT2D eigenvalue weighted by Crippen LogP contribution is -2.42. The average Bonchev–Trinajstić information content (AvgIpc) is 3.18. The molecule has 4 aromatic carbocycles. The molecule has 7 rings (SSSR count). The number of nitrogens with zero attached hydrogens (tertiary/aromatic N) is 1. The van der Waals surface area contributed by atoms with Crippen molar-refractivity contribution in [3.05, 3.63) is 113 Å². The molecule has 4 atom stereocenters. The number of hydrogen-bond donors (Lipinski definition) is 0. The molecule has 2 amide bonds. The van der Waals surface area contributed by atoms with Crippen LogP contribution in [0.25, 0.3) is 16.3 Å². The van der Waals surface area contributed by atoms with Crippen LogP contribution < -0.4 is 9.64 Å². The van der Waals surface area contributed by atoms with E-state index in [9.17, 15) is 14.4 Å². The molecule has 3 aliphatic rings. The van der Waals surface area contributed by atoms with Gasteiger partial charge in [0.2, 0.25) is 11.8 Å². The third-order valence-corrected chi connectivity index (χ3v) is 8.23. The van der Waals surface area contributed by atoms with Crippen molar-refractivity contribution in [1.82, 2.24) is 0 Å². The van der Waals surface area contributed by atoms with Crippen LogP contribution in [-0.4, -0.2) is 17.8 Å². The van der Waals surface area contributed by atoms with Crippen LogP contribution in [0.3, 0.4) is 0 Å². The molecule has 0 spiro atoms. The molecule has 0 unspecified atom stereocenters. The Bertz CT molecular complexity index is 1660. The zero-order valence-electron chi connectivity index (χ0n) is 19.5. The zero-order chi connectivity index (χ0) is 25.3. The highest BCUT2D eigenvalue weighted by Gasteiger charge is 2.60. The van der Waals surface area contributed by atoms with Crippen LogP contribution in [0.5, 0.6) is 5.75 Å². The predicted molar refractivity (Wildman–Crippen MR) is 144 cm³/mol. The minimum atomic E-state index is -0.865. The van der Waals surface area contributed by atoms with Crippen molar-refractivity contribution in [3.63, 3.8) is 0 Å². The van der Waals surface area contributed by atoms with Gasteiger partial charge in [-0.1, -0.05) is 88.7 Å². The first-order chi connectivity index (χ1) is 18.0. The Morgan fingerprint density at radius 3 is 2.32 bits per heavy atom. The monoisotopic (exact) mass is 549 g/mol. The summed E-state index contributed by atoms with van der Waals surface area (Å²) in [5.74, 6) is -3.49. The van der Waals surface area contributed by atoms with E-state index >= 15 is 0 Å². The standard InChI is InChI=1S/C31H20BrNO4/c32-19-10-6-11-20(15-19)33-29(34)26-22(17-7-2-1-3-8-17)16-23-25-21-12-5-4-9-18(21)13-14-24(25)37-31(36)27(23)28(26)30(33)35/h1-16,22,26-28H/t22-,26+,27-,28-/m1/s1. The molecule has 4 aromatic rings. The van der Waals surface area contributed by atoms with Crippen LogP contribution in [0.1, 0.15) is 17.0 Å². The molecule has 5 nitrogen and oxygen atoms in total. The van der Waals surface area contributed by atoms with Crippen molar-refractivity contribution < 1.29 is 19.1 Å². The Morgan fingerprint density at radius 1 is 0.757 bits per heavy atom. The van der Waals surface area contributed by atoms with E-state index in [0.29, 0.717) is 11.4 Å². The van der Waals surface area contributed by atoms with E-state index in [0.717, 1.165) is 31.9 Å². The van der Waals surface area contributed by atoms with Gasteiger partial charge >= 0.3 is 5.97 Å². The lowest BCUT2D eigenvalue weighted by atomic mass is 9.64. The molecule has 0 aromatic heterocycles. The van der Waals surface area contributed by atoms with E-state index in [1.807, 2.05) is 78.9 Å². The van der Waals surface area contributed by atoms with Gasteiger partial charge in [-0.05, 0) is 46.2 Å². The van der Waals surface area contributed by atoms with Gasteiger partial charge in [0.15, 0.2) is 0 Å². The van der Waals surface area contributed by atoms with Crippen LogP contribution in [-0.2, 0) is 14.4 Å². The van der Waals surface area contributed by atoms with Gasteiger partial charge in [0.05, 0.1) is 23.4 Å². The van der Waals surface area contributed by atoms with Gasteiger partial charge in [-0.2, -0.15) is 0 Å². The number of benzene rings is 4. The lowest BCUT2D eigenvalue weighted by Gasteiger charge is -2.38. The summed E-state index contributed by atoms with van der Waals surface area (Å²) in [6, 6.07) is 28.5. The van der Waals surface area contributed by atoms with Gasteiger partial charge < -0.3 is 4.74 Å². The summed E-state index contributed by atoms with van der Waals surface area (Å²) < 4.78 is 6.59. The number of amides is 2. The summed E-state index contributed by atoms with van der Waals surface area (Å²) in [5, 5.41) is 1.97. The van der Waals surface area contributed by atoms with E-state index in [1.165, 1.54) is 4.90 Å². The molecular weight excluding hydrogens is 530 g/mol. The Balaban J connectivity index is 1.48. The predicted octanol–water partition coefficient (Wildman–Crippen LogP) is 6.12. The number of imide groups is 1. The highest BCUT2D eigenvalue weighted by atomic mass is 79.9. The number of carbonyl (C=O) groups excluding carboxylic acids is 3. The van der Waals surface area contributed by atoms with Crippen molar-refractivity contribution >= 4 is 55.7 Å². The smallest absolute Gasteiger partial charge is 0.319 e. The summed E-state index contributed by atoms with van der Waals surface area (Å²) in [4.78, 5) is 42.8. The van der Waals surface area contributed by atoms with Gasteiger partial charge in [0.25, 0.3) is 0 Å². The van der Waals surface area contributed by atoms with Gasteiger partial charge in [-0.25, -0.2) is 4.90 Å². The molecule has 180 valence electrons. The second-order valence-electron chi connectivity index (χ2n) is 9.66. The summed E-state index contributed by atoms with van der Waals surface area (Å²) in [6.45, 7) is 0. The Hall–Kier alpha value is -4.03. The minimum Gasteiger partial charge on any atom is -0.425 e. The molecule has 1 saturated heterocycles. The van der Waals surface area contributed by atoms with Gasteiger partial charge in [-0.3, -0.25) is 14.4 Å². The molecule has 2 aliphatic heterocycles. The third kappa shape index (κ3) is 3.25. The van der Waals surface area contributed by atoms with Crippen LogP contribution in [0.2, 0.25) is 0 Å². The molecule has 1 fully saturated rings. The summed E-state index contributed by atoms with van der Waals surface area (Å²) in [6.07, 6.45) is 2.03. The van der Waals surface area contributed by atoms with Crippen LogP contribution in [0.15, 0.2) is 102 Å². The maximum Gasteiger partial charge on any atom is 0.319 e. The first-order valence-corrected chi connectivity index (χ1v) is 13.0. The molecule has 0 saturated carbocycles. The van der Waals surface area contributed by atoms with Crippen molar-refractivity contribution in [3.8, 4) is 5.75 Å². The molecule has 1 aliphatic carbocycles. The number of fused-ring (bicyclic) bond motifs is 7. The average molecular weight is 550 g/mol. The number of ether oxygens (including phenoxy) is 1. The molecule has 0 radical (unpaired) electrons. The molecule has 0 bridgehead atoms. The van der Waals surface area contributed by atoms with Crippen molar-refractivity contribution in [1.29, 1.82) is 0 Å². The minimum absolute atomic E-state index is 0.297. The van der Waals surface area contributed by atoms with Gasteiger partial charge in [0, 0.05) is 16.0 Å². The third-order valence-electron chi connectivity index (χ3n) is 7.73. The quantitative estimate of drug-likeness (QED) is 0.171. The molecule has 0 N–H and O–H groups in total. The van der Waals surface area contributed by atoms with E-state index in [-0.39, 0.29) is 17.7 Å². The largest absolute Gasteiger partial charge is 0.425 e. The molecule has 37 heavy (non-hydrogen) atoms. The highest BCUT2D eigenvalue weighted by molar-refractivity contribution is 9.10. The number of halogens is 1. The van der Waals surface area contributed by atoms with Crippen LogP contribution in [0.4, 0.5) is 5.69 Å². The van der Waals surface area contributed by atoms with Crippen molar-refractivity contribution in [2.24, 2.45) is 17.8 Å². The van der Waals surface area contributed by atoms with E-state index in [1.54, 1.807) is 18.2 Å². The lowest BCUT2D eigenvalue weighted by molar-refractivity contribution is -0.142. The van der Waals surface area contributed by atoms with E-state index < -0.39 is 23.7 Å². The second kappa shape index (κ2) is 8.25. The van der Waals surface area contributed by atoms with Gasteiger partial charge in [-0.15, -0.1) is 0 Å². The van der Waals surface area contributed by atoms with Crippen LogP contribution >= 0.6 is 15.9 Å². The van der Waals surface area contributed by atoms with E-state index in [4.69, 9.17) is 4.74 Å². The van der Waals surface area contributed by atoms with Crippen molar-refractivity contribution in [2.45, 2.75) is 5.92 Å². The molecule has 6 heteroatoms. The number of anilines is 1. The first-order valence-electron chi connectivity index (χ1n) is 12.2. The number of carbonyl (C=O) groups is 3.